The quantitative estimate of drug-likeness (QED) is 0.743. The van der Waals surface area contributed by atoms with Gasteiger partial charge in [0.1, 0.15) is 0 Å². The van der Waals surface area contributed by atoms with Crippen LogP contribution >= 0.6 is 22.9 Å². The van der Waals surface area contributed by atoms with Crippen LogP contribution < -0.4 is 5.32 Å². The molecule has 1 fully saturated rings. The molecule has 1 N–H and O–H groups in total. The molecule has 3 aromatic rings. The second kappa shape index (κ2) is 5.41. The molecule has 0 saturated heterocycles. The molecule has 4 heteroatoms. The maximum Gasteiger partial charge on any atom is 0.0803 e. The minimum absolute atomic E-state index is 0.744. The first-order chi connectivity index (χ1) is 10.3. The Morgan fingerprint density at radius 1 is 1.19 bits per heavy atom. The predicted octanol–water partition coefficient (Wildman–Crippen LogP) is 4.87. The highest BCUT2D eigenvalue weighted by Crippen LogP contribution is 2.35. The van der Waals surface area contributed by atoms with Crippen molar-refractivity contribution in [2.75, 3.05) is 0 Å². The van der Waals surface area contributed by atoms with E-state index in [1.807, 2.05) is 35.7 Å². The normalized spacial score (nSPS) is 14.7. The lowest BCUT2D eigenvalue weighted by Crippen LogP contribution is -2.14. The van der Waals surface area contributed by atoms with Gasteiger partial charge in [-0.15, -0.1) is 11.3 Å². The SMILES string of the molecule is Clc1ccc(-c2ccc(CNC3CC3)s2)c2ncccc12. The highest BCUT2D eigenvalue weighted by Gasteiger charge is 2.20. The molecule has 0 spiro atoms. The molecular weight excluding hydrogens is 300 g/mol. The summed E-state index contributed by atoms with van der Waals surface area (Å²) in [6, 6.07) is 13.1. The van der Waals surface area contributed by atoms with Crippen LogP contribution in [0.3, 0.4) is 0 Å². The standard InChI is InChI=1S/C17H15ClN2S/c18-15-7-6-14(17-13(15)2-1-9-19-17)16-8-5-12(21-16)10-20-11-3-4-11/h1-2,5-9,11,20H,3-4,10H2. The third-order valence-corrected chi connectivity index (χ3v) is 5.23. The number of hydrogen-bond donors (Lipinski definition) is 1. The fourth-order valence-electron chi connectivity index (χ4n) is 2.49. The number of hydrogen-bond acceptors (Lipinski definition) is 3. The van der Waals surface area contributed by atoms with E-state index >= 15 is 0 Å². The van der Waals surface area contributed by atoms with E-state index in [1.165, 1.54) is 22.6 Å². The van der Waals surface area contributed by atoms with E-state index in [-0.39, 0.29) is 0 Å². The van der Waals surface area contributed by atoms with Gasteiger partial charge in [-0.25, -0.2) is 0 Å². The second-order valence-corrected chi connectivity index (χ2v) is 6.99. The average Bonchev–Trinajstić information content (AvgIpc) is 3.23. The number of rotatable bonds is 4. The van der Waals surface area contributed by atoms with E-state index in [0.717, 1.165) is 34.1 Å². The maximum atomic E-state index is 6.27. The number of fused-ring (bicyclic) bond motifs is 1. The number of benzene rings is 1. The average molecular weight is 315 g/mol. The molecule has 2 aromatic heterocycles. The molecule has 0 amide bonds. The summed E-state index contributed by atoms with van der Waals surface area (Å²) < 4.78 is 0. The zero-order valence-electron chi connectivity index (χ0n) is 11.5. The van der Waals surface area contributed by atoms with Crippen molar-refractivity contribution >= 4 is 33.8 Å². The molecule has 21 heavy (non-hydrogen) atoms. The van der Waals surface area contributed by atoms with E-state index in [0.29, 0.717) is 0 Å². The van der Waals surface area contributed by atoms with Crippen LogP contribution in [-0.4, -0.2) is 11.0 Å². The van der Waals surface area contributed by atoms with Gasteiger partial charge in [0.2, 0.25) is 0 Å². The largest absolute Gasteiger partial charge is 0.309 e. The molecule has 0 bridgehead atoms. The van der Waals surface area contributed by atoms with Crippen LogP contribution in [0.25, 0.3) is 21.3 Å². The van der Waals surface area contributed by atoms with E-state index in [2.05, 4.69) is 28.5 Å². The van der Waals surface area contributed by atoms with Crippen molar-refractivity contribution in [1.29, 1.82) is 0 Å². The van der Waals surface area contributed by atoms with Gasteiger partial charge in [-0.1, -0.05) is 11.6 Å². The molecule has 0 radical (unpaired) electrons. The first-order valence-electron chi connectivity index (χ1n) is 7.17. The van der Waals surface area contributed by atoms with Crippen molar-refractivity contribution in [3.63, 3.8) is 0 Å². The Morgan fingerprint density at radius 2 is 2.10 bits per heavy atom. The van der Waals surface area contributed by atoms with Gasteiger partial charge < -0.3 is 5.32 Å². The van der Waals surface area contributed by atoms with Crippen LogP contribution in [-0.2, 0) is 6.54 Å². The number of nitrogens with one attached hydrogen (secondary N) is 1. The third-order valence-electron chi connectivity index (χ3n) is 3.79. The van der Waals surface area contributed by atoms with Crippen molar-refractivity contribution in [2.45, 2.75) is 25.4 Å². The lowest BCUT2D eigenvalue weighted by molar-refractivity contribution is 0.695. The summed E-state index contributed by atoms with van der Waals surface area (Å²) in [6.45, 7) is 0.967. The van der Waals surface area contributed by atoms with E-state index in [1.54, 1.807) is 0 Å². The summed E-state index contributed by atoms with van der Waals surface area (Å²) in [4.78, 5) is 7.14. The topological polar surface area (TPSA) is 24.9 Å². The molecule has 2 nitrogen and oxygen atoms in total. The highest BCUT2D eigenvalue weighted by molar-refractivity contribution is 7.15. The Kier molecular flexibility index (Phi) is 3.42. The summed E-state index contributed by atoms with van der Waals surface area (Å²) in [6.07, 6.45) is 4.47. The van der Waals surface area contributed by atoms with E-state index in [9.17, 15) is 0 Å². The first-order valence-corrected chi connectivity index (χ1v) is 8.36. The number of pyridine rings is 1. The molecule has 1 saturated carbocycles. The number of nitrogens with zero attached hydrogens (tertiary/aromatic N) is 1. The van der Waals surface area contributed by atoms with Gasteiger partial charge in [0.15, 0.2) is 0 Å². The smallest absolute Gasteiger partial charge is 0.0803 e. The number of aromatic nitrogens is 1. The fourth-order valence-corrected chi connectivity index (χ4v) is 3.69. The molecule has 1 aromatic carbocycles. The van der Waals surface area contributed by atoms with Gasteiger partial charge >= 0.3 is 0 Å². The van der Waals surface area contributed by atoms with Crippen LogP contribution in [0.4, 0.5) is 0 Å². The van der Waals surface area contributed by atoms with Gasteiger partial charge in [-0.3, -0.25) is 4.98 Å². The third kappa shape index (κ3) is 2.69. The predicted molar refractivity (Wildman–Crippen MR) is 89.9 cm³/mol. The van der Waals surface area contributed by atoms with Gasteiger partial charge in [-0.05, 0) is 49.2 Å². The molecule has 1 aliphatic carbocycles. The van der Waals surface area contributed by atoms with Crippen molar-refractivity contribution in [3.8, 4) is 10.4 Å². The maximum absolute atomic E-state index is 6.27. The van der Waals surface area contributed by atoms with Crippen LogP contribution in [0.2, 0.25) is 5.02 Å². The van der Waals surface area contributed by atoms with Crippen LogP contribution in [0.15, 0.2) is 42.6 Å². The zero-order valence-corrected chi connectivity index (χ0v) is 13.0. The monoisotopic (exact) mass is 314 g/mol. The Hall–Kier alpha value is -1.42. The minimum Gasteiger partial charge on any atom is -0.309 e. The Labute approximate surface area is 132 Å². The molecule has 1 aliphatic rings. The summed E-state index contributed by atoms with van der Waals surface area (Å²) in [7, 11) is 0. The van der Waals surface area contributed by atoms with Crippen molar-refractivity contribution in [3.05, 3.63) is 52.5 Å². The Balaban J connectivity index is 1.70. The molecule has 0 aliphatic heterocycles. The highest BCUT2D eigenvalue weighted by atomic mass is 35.5. The van der Waals surface area contributed by atoms with Crippen molar-refractivity contribution < 1.29 is 0 Å². The van der Waals surface area contributed by atoms with Gasteiger partial charge in [0.05, 0.1) is 10.5 Å². The van der Waals surface area contributed by atoms with Gasteiger partial charge in [0, 0.05) is 39.5 Å². The summed E-state index contributed by atoms with van der Waals surface area (Å²) >= 11 is 8.10. The molecule has 2 heterocycles. The zero-order chi connectivity index (χ0) is 14.2. The van der Waals surface area contributed by atoms with E-state index < -0.39 is 0 Å². The summed E-state index contributed by atoms with van der Waals surface area (Å²) in [5, 5.41) is 5.33. The van der Waals surface area contributed by atoms with Crippen LogP contribution in [0, 0.1) is 0 Å². The summed E-state index contributed by atoms with van der Waals surface area (Å²) in [5.74, 6) is 0. The molecule has 0 atom stereocenters. The lowest BCUT2D eigenvalue weighted by Gasteiger charge is -2.05. The lowest BCUT2D eigenvalue weighted by atomic mass is 10.1. The summed E-state index contributed by atoms with van der Waals surface area (Å²) in [5.41, 5.74) is 2.14. The number of halogens is 1. The Morgan fingerprint density at radius 3 is 2.95 bits per heavy atom. The Bertz CT molecular complexity index is 792. The molecular formula is C17H15ClN2S. The fraction of sp³-hybridized carbons (Fsp3) is 0.235. The molecule has 4 rings (SSSR count). The van der Waals surface area contributed by atoms with Gasteiger partial charge in [0.25, 0.3) is 0 Å². The van der Waals surface area contributed by atoms with Crippen LogP contribution in [0.1, 0.15) is 17.7 Å². The molecule has 106 valence electrons. The minimum atomic E-state index is 0.744. The van der Waals surface area contributed by atoms with Crippen LogP contribution in [0.5, 0.6) is 0 Å². The second-order valence-electron chi connectivity index (χ2n) is 5.42. The molecule has 0 unspecified atom stereocenters. The first kappa shape index (κ1) is 13.3. The van der Waals surface area contributed by atoms with E-state index in [4.69, 9.17) is 11.6 Å². The van der Waals surface area contributed by atoms with Crippen molar-refractivity contribution in [1.82, 2.24) is 10.3 Å². The number of thiophene rings is 1. The van der Waals surface area contributed by atoms with Crippen molar-refractivity contribution in [2.24, 2.45) is 0 Å². The van der Waals surface area contributed by atoms with Gasteiger partial charge in [-0.2, -0.15) is 0 Å².